The molecule has 0 heterocycles. The van der Waals surface area contributed by atoms with Crippen LogP contribution in [0.25, 0.3) is 0 Å². The van der Waals surface area contributed by atoms with Crippen LogP contribution in [0.1, 0.15) is 40.0 Å². The first-order valence-corrected chi connectivity index (χ1v) is 4.04. The van der Waals surface area contributed by atoms with E-state index in [9.17, 15) is 0 Å². The van der Waals surface area contributed by atoms with E-state index >= 15 is 0 Å². The van der Waals surface area contributed by atoms with Gasteiger partial charge in [-0.1, -0.05) is 26.7 Å². The summed E-state index contributed by atoms with van der Waals surface area (Å²) in [4.78, 5) is 0. The lowest BCUT2D eigenvalue weighted by atomic mass is 10.1. The van der Waals surface area contributed by atoms with Crippen LogP contribution in [-0.4, -0.2) is 12.6 Å². The van der Waals surface area contributed by atoms with Gasteiger partial charge in [0.2, 0.25) is 0 Å². The van der Waals surface area contributed by atoms with E-state index in [2.05, 4.69) is 26.1 Å². The van der Waals surface area contributed by atoms with Gasteiger partial charge < -0.3 is 5.32 Å². The van der Waals surface area contributed by atoms with Gasteiger partial charge in [0.15, 0.2) is 0 Å². The maximum absolute atomic E-state index is 3.38. The van der Waals surface area contributed by atoms with Gasteiger partial charge >= 0.3 is 0 Å². The second kappa shape index (κ2) is 6.09. The summed E-state index contributed by atoms with van der Waals surface area (Å²) in [5, 5.41) is 3.38. The third-order valence-corrected chi connectivity index (χ3v) is 1.54. The molecule has 0 aliphatic rings. The fourth-order valence-electron chi connectivity index (χ4n) is 0.961. The summed E-state index contributed by atoms with van der Waals surface area (Å²) >= 11 is 0. The van der Waals surface area contributed by atoms with Crippen molar-refractivity contribution in [3.8, 4) is 0 Å². The minimum absolute atomic E-state index is 0.718. The molecular weight excluding hydrogens is 110 g/mol. The highest BCUT2D eigenvalue weighted by molar-refractivity contribution is 4.57. The van der Waals surface area contributed by atoms with Crippen molar-refractivity contribution in [3.63, 3.8) is 0 Å². The van der Waals surface area contributed by atoms with Gasteiger partial charge in [0, 0.05) is 6.04 Å². The summed E-state index contributed by atoms with van der Waals surface area (Å²) < 4.78 is 0. The van der Waals surface area contributed by atoms with Gasteiger partial charge in [0.1, 0.15) is 0 Å². The Hall–Kier alpha value is -0.0400. The van der Waals surface area contributed by atoms with Crippen LogP contribution in [-0.2, 0) is 0 Å². The van der Waals surface area contributed by atoms with Crippen LogP contribution in [0.15, 0.2) is 0 Å². The third kappa shape index (κ3) is 5.84. The highest BCUT2D eigenvalue weighted by Crippen LogP contribution is 1.98. The maximum atomic E-state index is 3.38. The van der Waals surface area contributed by atoms with E-state index in [1.54, 1.807) is 0 Å². The van der Waals surface area contributed by atoms with Crippen molar-refractivity contribution in [2.75, 3.05) is 6.54 Å². The Balaban J connectivity index is 2.95. The largest absolute Gasteiger partial charge is 0.315 e. The smallest absolute Gasteiger partial charge is 0.00386 e. The Morgan fingerprint density at radius 3 is 2.44 bits per heavy atom. The molecule has 1 nitrogen and oxygen atoms in total. The standard InChI is InChI=1S/C8H19N/c1-4-6-7-8(3)9-5-2/h8-9H,4-7H2,1-3H3/t8-/m0/s1. The molecule has 0 spiro atoms. The summed E-state index contributed by atoms with van der Waals surface area (Å²) in [6.45, 7) is 7.74. The van der Waals surface area contributed by atoms with Crippen LogP contribution in [0.5, 0.6) is 0 Å². The Morgan fingerprint density at radius 1 is 1.33 bits per heavy atom. The van der Waals surface area contributed by atoms with E-state index < -0.39 is 0 Å². The molecule has 0 amide bonds. The molecule has 0 aliphatic carbocycles. The average Bonchev–Trinajstić information content (AvgIpc) is 1.85. The summed E-state index contributed by atoms with van der Waals surface area (Å²) in [6, 6.07) is 0.718. The van der Waals surface area contributed by atoms with Crippen molar-refractivity contribution in [1.82, 2.24) is 5.32 Å². The minimum atomic E-state index is 0.718. The predicted octanol–water partition coefficient (Wildman–Crippen LogP) is 2.17. The number of nitrogens with one attached hydrogen (secondary N) is 1. The summed E-state index contributed by atoms with van der Waals surface area (Å²) in [5.41, 5.74) is 0. The second-order valence-corrected chi connectivity index (χ2v) is 2.60. The van der Waals surface area contributed by atoms with Crippen molar-refractivity contribution in [3.05, 3.63) is 0 Å². The molecule has 1 N–H and O–H groups in total. The highest BCUT2D eigenvalue weighted by atomic mass is 14.9. The van der Waals surface area contributed by atoms with Crippen molar-refractivity contribution < 1.29 is 0 Å². The van der Waals surface area contributed by atoms with E-state index in [1.807, 2.05) is 0 Å². The lowest BCUT2D eigenvalue weighted by molar-refractivity contribution is 0.509. The van der Waals surface area contributed by atoms with Gasteiger partial charge in [0.05, 0.1) is 0 Å². The molecule has 0 radical (unpaired) electrons. The molecule has 0 rings (SSSR count). The molecule has 0 saturated carbocycles. The monoisotopic (exact) mass is 129 g/mol. The number of unbranched alkanes of at least 4 members (excludes halogenated alkanes) is 1. The number of hydrogen-bond donors (Lipinski definition) is 1. The zero-order valence-corrected chi connectivity index (χ0v) is 6.91. The lowest BCUT2D eigenvalue weighted by Gasteiger charge is -2.09. The van der Waals surface area contributed by atoms with Crippen molar-refractivity contribution >= 4 is 0 Å². The highest BCUT2D eigenvalue weighted by Gasteiger charge is 1.95. The van der Waals surface area contributed by atoms with Crippen LogP contribution in [0, 0.1) is 0 Å². The molecule has 0 bridgehead atoms. The molecule has 0 aliphatic heterocycles. The molecule has 56 valence electrons. The molecule has 0 aromatic rings. The first kappa shape index (κ1) is 8.96. The first-order valence-electron chi connectivity index (χ1n) is 4.04. The van der Waals surface area contributed by atoms with Gasteiger partial charge in [-0.25, -0.2) is 0 Å². The first-order chi connectivity index (χ1) is 4.31. The molecule has 1 atom stereocenters. The summed E-state index contributed by atoms with van der Waals surface area (Å²) in [7, 11) is 0. The molecule has 0 aromatic carbocycles. The second-order valence-electron chi connectivity index (χ2n) is 2.60. The summed E-state index contributed by atoms with van der Waals surface area (Å²) in [6.07, 6.45) is 3.99. The average molecular weight is 129 g/mol. The third-order valence-electron chi connectivity index (χ3n) is 1.54. The van der Waals surface area contributed by atoms with Crippen molar-refractivity contribution in [2.45, 2.75) is 46.1 Å². The van der Waals surface area contributed by atoms with E-state index in [0.29, 0.717) is 0 Å². The fraction of sp³-hybridized carbons (Fsp3) is 1.00. The van der Waals surface area contributed by atoms with Crippen LogP contribution in [0.3, 0.4) is 0 Å². The van der Waals surface area contributed by atoms with E-state index in [0.717, 1.165) is 12.6 Å². The van der Waals surface area contributed by atoms with Gasteiger partial charge in [-0.05, 0) is 19.9 Å². The normalized spacial score (nSPS) is 13.7. The Morgan fingerprint density at radius 2 is 2.00 bits per heavy atom. The van der Waals surface area contributed by atoms with Gasteiger partial charge in [-0.15, -0.1) is 0 Å². The fourth-order valence-corrected chi connectivity index (χ4v) is 0.961. The van der Waals surface area contributed by atoms with Gasteiger partial charge in [0.25, 0.3) is 0 Å². The number of rotatable bonds is 5. The lowest BCUT2D eigenvalue weighted by Crippen LogP contribution is -2.25. The molecule has 0 fully saturated rings. The quantitative estimate of drug-likeness (QED) is 0.600. The molecular formula is C8H19N. The molecule has 1 heteroatoms. The zero-order valence-electron chi connectivity index (χ0n) is 6.91. The van der Waals surface area contributed by atoms with Crippen LogP contribution in [0.4, 0.5) is 0 Å². The maximum Gasteiger partial charge on any atom is 0.00386 e. The van der Waals surface area contributed by atoms with Gasteiger partial charge in [-0.2, -0.15) is 0 Å². The Bertz CT molecular complexity index is 52.5. The zero-order chi connectivity index (χ0) is 7.11. The minimum Gasteiger partial charge on any atom is -0.315 e. The van der Waals surface area contributed by atoms with Crippen molar-refractivity contribution in [1.29, 1.82) is 0 Å². The Kier molecular flexibility index (Phi) is 6.06. The molecule has 0 aromatic heterocycles. The number of hydrogen-bond acceptors (Lipinski definition) is 1. The molecule has 0 unspecified atom stereocenters. The molecule has 9 heavy (non-hydrogen) atoms. The predicted molar refractivity (Wildman–Crippen MR) is 42.7 cm³/mol. The SMILES string of the molecule is CCCC[C@H](C)NCC. The van der Waals surface area contributed by atoms with Gasteiger partial charge in [-0.3, -0.25) is 0 Å². The topological polar surface area (TPSA) is 12.0 Å². The van der Waals surface area contributed by atoms with Crippen LogP contribution >= 0.6 is 0 Å². The van der Waals surface area contributed by atoms with E-state index in [4.69, 9.17) is 0 Å². The van der Waals surface area contributed by atoms with E-state index in [1.165, 1.54) is 19.3 Å². The van der Waals surface area contributed by atoms with Crippen LogP contribution in [0.2, 0.25) is 0 Å². The van der Waals surface area contributed by atoms with Crippen molar-refractivity contribution in [2.24, 2.45) is 0 Å². The van der Waals surface area contributed by atoms with Crippen LogP contribution < -0.4 is 5.32 Å². The van der Waals surface area contributed by atoms with E-state index in [-0.39, 0.29) is 0 Å². The molecule has 0 saturated heterocycles. The Labute approximate surface area is 58.8 Å². The summed E-state index contributed by atoms with van der Waals surface area (Å²) in [5.74, 6) is 0.